The highest BCUT2D eigenvalue weighted by Crippen LogP contribution is 2.17. The van der Waals surface area contributed by atoms with Crippen molar-refractivity contribution >= 4 is 17.3 Å². The second-order valence-corrected chi connectivity index (χ2v) is 5.87. The normalized spacial score (nSPS) is 17.5. The topological polar surface area (TPSA) is 54.5 Å². The van der Waals surface area contributed by atoms with Gasteiger partial charge in [-0.2, -0.15) is 0 Å². The highest BCUT2D eigenvalue weighted by molar-refractivity contribution is 7.11. The first-order chi connectivity index (χ1) is 8.16. The van der Waals surface area contributed by atoms with Gasteiger partial charge in [0, 0.05) is 18.0 Å². The second-order valence-electron chi connectivity index (χ2n) is 4.46. The number of aliphatic imine (C=N–C) groups is 1. The molecule has 1 fully saturated rings. The van der Waals surface area contributed by atoms with Gasteiger partial charge in [0.2, 0.25) is 0 Å². The Labute approximate surface area is 107 Å². The van der Waals surface area contributed by atoms with Gasteiger partial charge >= 0.3 is 0 Å². The highest BCUT2D eigenvalue weighted by atomic mass is 32.1. The first-order valence-corrected chi connectivity index (χ1v) is 6.96. The number of nitrogens with two attached hydrogens (primary N) is 1. The first kappa shape index (κ1) is 12.4. The molecular formula is C12H20N4S. The van der Waals surface area contributed by atoms with Crippen molar-refractivity contribution in [2.75, 3.05) is 13.1 Å². The lowest BCUT2D eigenvalue weighted by molar-refractivity contribution is 0.338. The van der Waals surface area contributed by atoms with Crippen molar-refractivity contribution in [1.82, 2.24) is 9.88 Å². The van der Waals surface area contributed by atoms with E-state index in [1.165, 1.54) is 24.1 Å². The van der Waals surface area contributed by atoms with Crippen LogP contribution in [0.2, 0.25) is 0 Å². The van der Waals surface area contributed by atoms with Crippen LogP contribution >= 0.6 is 11.3 Å². The smallest absolute Gasteiger partial charge is 0.191 e. The molecule has 2 rings (SSSR count). The van der Waals surface area contributed by atoms with Crippen LogP contribution in [0.4, 0.5) is 0 Å². The first-order valence-electron chi connectivity index (χ1n) is 6.14. The van der Waals surface area contributed by atoms with E-state index >= 15 is 0 Å². The van der Waals surface area contributed by atoms with E-state index in [1.54, 1.807) is 11.3 Å². The monoisotopic (exact) mass is 252 g/mol. The standard InChI is InChI=1S/C12H20N4S/c1-9-11(15-10(2)17-9)8-14-12(13)16-6-4-3-5-7-16/h3-8H2,1-2H3,(H2,13,14). The van der Waals surface area contributed by atoms with Crippen LogP contribution in [0.15, 0.2) is 4.99 Å². The molecule has 0 atom stereocenters. The summed E-state index contributed by atoms with van der Waals surface area (Å²) in [6.45, 7) is 6.82. The van der Waals surface area contributed by atoms with Crippen LogP contribution in [0.5, 0.6) is 0 Å². The summed E-state index contributed by atoms with van der Waals surface area (Å²) >= 11 is 1.72. The highest BCUT2D eigenvalue weighted by Gasteiger charge is 2.12. The summed E-state index contributed by atoms with van der Waals surface area (Å²) in [5, 5.41) is 1.10. The Balaban J connectivity index is 1.97. The number of likely N-dealkylation sites (tertiary alicyclic amines) is 1. The third kappa shape index (κ3) is 3.19. The van der Waals surface area contributed by atoms with Gasteiger partial charge in [-0.05, 0) is 33.1 Å². The van der Waals surface area contributed by atoms with E-state index in [9.17, 15) is 0 Å². The van der Waals surface area contributed by atoms with Crippen LogP contribution in [0.25, 0.3) is 0 Å². The fraction of sp³-hybridized carbons (Fsp3) is 0.667. The molecule has 1 aromatic heterocycles. The molecule has 0 amide bonds. The summed E-state index contributed by atoms with van der Waals surface area (Å²) < 4.78 is 0. The molecule has 4 nitrogen and oxygen atoms in total. The van der Waals surface area contributed by atoms with Crippen molar-refractivity contribution in [1.29, 1.82) is 0 Å². The van der Waals surface area contributed by atoms with Crippen molar-refractivity contribution in [2.24, 2.45) is 10.7 Å². The molecule has 1 aliphatic heterocycles. The fourth-order valence-corrected chi connectivity index (χ4v) is 2.92. The van der Waals surface area contributed by atoms with Gasteiger partial charge < -0.3 is 10.6 Å². The van der Waals surface area contributed by atoms with Gasteiger partial charge in [-0.1, -0.05) is 0 Å². The number of piperidine rings is 1. The lowest BCUT2D eigenvalue weighted by Gasteiger charge is -2.27. The Morgan fingerprint density at radius 1 is 1.35 bits per heavy atom. The maximum Gasteiger partial charge on any atom is 0.191 e. The molecule has 5 heteroatoms. The van der Waals surface area contributed by atoms with E-state index in [2.05, 4.69) is 21.8 Å². The minimum Gasteiger partial charge on any atom is -0.370 e. The van der Waals surface area contributed by atoms with Gasteiger partial charge in [-0.25, -0.2) is 9.98 Å². The minimum atomic E-state index is 0.610. The summed E-state index contributed by atoms with van der Waals surface area (Å²) in [4.78, 5) is 12.3. The Hall–Kier alpha value is -1.10. The Morgan fingerprint density at radius 3 is 2.65 bits per heavy atom. The summed E-state index contributed by atoms with van der Waals surface area (Å²) in [7, 11) is 0. The number of nitrogens with zero attached hydrogens (tertiary/aromatic N) is 3. The van der Waals surface area contributed by atoms with E-state index in [1.807, 2.05) is 6.92 Å². The molecule has 0 spiro atoms. The predicted molar refractivity (Wildman–Crippen MR) is 72.3 cm³/mol. The third-order valence-electron chi connectivity index (χ3n) is 3.07. The van der Waals surface area contributed by atoms with Crippen molar-refractivity contribution < 1.29 is 0 Å². The lowest BCUT2D eigenvalue weighted by atomic mass is 10.1. The quantitative estimate of drug-likeness (QED) is 0.647. The van der Waals surface area contributed by atoms with Gasteiger partial charge in [0.1, 0.15) is 0 Å². The Morgan fingerprint density at radius 2 is 2.06 bits per heavy atom. The zero-order valence-corrected chi connectivity index (χ0v) is 11.4. The van der Waals surface area contributed by atoms with E-state index in [0.717, 1.165) is 23.8 Å². The van der Waals surface area contributed by atoms with Crippen molar-refractivity contribution in [3.8, 4) is 0 Å². The predicted octanol–water partition coefficient (Wildman–Crippen LogP) is 2.06. The third-order valence-corrected chi connectivity index (χ3v) is 4.00. The van der Waals surface area contributed by atoms with E-state index < -0.39 is 0 Å². The number of thiazole rings is 1. The summed E-state index contributed by atoms with van der Waals surface area (Å²) in [6.07, 6.45) is 3.77. The molecule has 1 saturated heterocycles. The molecule has 0 saturated carbocycles. The molecule has 1 aromatic rings. The van der Waals surface area contributed by atoms with Crippen LogP contribution in [-0.2, 0) is 6.54 Å². The van der Waals surface area contributed by atoms with Gasteiger partial charge in [0.25, 0.3) is 0 Å². The average Bonchev–Trinajstić information content (AvgIpc) is 2.66. The molecule has 17 heavy (non-hydrogen) atoms. The van der Waals surface area contributed by atoms with Crippen LogP contribution in [0.3, 0.4) is 0 Å². The van der Waals surface area contributed by atoms with E-state index in [4.69, 9.17) is 5.73 Å². The number of guanidine groups is 1. The van der Waals surface area contributed by atoms with Gasteiger partial charge in [-0.15, -0.1) is 11.3 Å². The number of hydrogen-bond donors (Lipinski definition) is 1. The van der Waals surface area contributed by atoms with Crippen LogP contribution < -0.4 is 5.73 Å². The summed E-state index contributed by atoms with van der Waals surface area (Å²) in [6, 6.07) is 0. The zero-order chi connectivity index (χ0) is 12.3. The molecular weight excluding hydrogens is 232 g/mol. The molecule has 1 aliphatic rings. The summed E-state index contributed by atoms with van der Waals surface area (Å²) in [5.74, 6) is 0.676. The van der Waals surface area contributed by atoms with Gasteiger partial charge in [0.15, 0.2) is 5.96 Å². The molecule has 0 radical (unpaired) electrons. The largest absolute Gasteiger partial charge is 0.370 e. The number of rotatable bonds is 2. The number of hydrogen-bond acceptors (Lipinski definition) is 3. The lowest BCUT2D eigenvalue weighted by Crippen LogP contribution is -2.40. The van der Waals surface area contributed by atoms with Crippen LogP contribution in [0.1, 0.15) is 34.8 Å². The SMILES string of the molecule is Cc1nc(CN=C(N)N2CCCCC2)c(C)s1. The van der Waals surface area contributed by atoms with E-state index in [0.29, 0.717) is 12.5 Å². The summed E-state index contributed by atoms with van der Waals surface area (Å²) in [5.41, 5.74) is 7.07. The maximum absolute atomic E-state index is 6.00. The van der Waals surface area contributed by atoms with Crippen LogP contribution in [0, 0.1) is 13.8 Å². The fourth-order valence-electron chi connectivity index (χ4n) is 2.10. The molecule has 0 aliphatic carbocycles. The zero-order valence-electron chi connectivity index (χ0n) is 10.6. The molecule has 94 valence electrons. The van der Waals surface area contributed by atoms with Crippen molar-refractivity contribution in [3.63, 3.8) is 0 Å². The number of aromatic nitrogens is 1. The molecule has 0 unspecified atom stereocenters. The van der Waals surface area contributed by atoms with Gasteiger partial charge in [0.05, 0.1) is 17.2 Å². The van der Waals surface area contributed by atoms with E-state index in [-0.39, 0.29) is 0 Å². The Kier molecular flexibility index (Phi) is 3.99. The molecule has 2 heterocycles. The average molecular weight is 252 g/mol. The minimum absolute atomic E-state index is 0.610. The molecule has 0 bridgehead atoms. The molecule has 0 aromatic carbocycles. The van der Waals surface area contributed by atoms with Crippen molar-refractivity contribution in [2.45, 2.75) is 39.7 Å². The molecule has 2 N–H and O–H groups in total. The maximum atomic E-state index is 6.00. The second kappa shape index (κ2) is 5.49. The van der Waals surface area contributed by atoms with Crippen molar-refractivity contribution in [3.05, 3.63) is 15.6 Å². The van der Waals surface area contributed by atoms with Crippen LogP contribution in [-0.4, -0.2) is 28.9 Å². The Bertz CT molecular complexity index is 405. The number of aryl methyl sites for hydroxylation is 2. The van der Waals surface area contributed by atoms with Gasteiger partial charge in [-0.3, -0.25) is 0 Å².